The van der Waals surface area contributed by atoms with Gasteiger partial charge in [-0.25, -0.2) is 0 Å². The molecule has 24 heavy (non-hydrogen) atoms. The van der Waals surface area contributed by atoms with Crippen molar-refractivity contribution in [2.75, 3.05) is 5.75 Å². The van der Waals surface area contributed by atoms with Crippen molar-refractivity contribution in [3.05, 3.63) is 66.1 Å². The van der Waals surface area contributed by atoms with E-state index in [1.54, 1.807) is 35.3 Å². The van der Waals surface area contributed by atoms with Crippen molar-refractivity contribution in [3.63, 3.8) is 0 Å². The number of pyridine rings is 1. The van der Waals surface area contributed by atoms with Gasteiger partial charge < -0.3 is 9.88 Å². The maximum absolute atomic E-state index is 13.0. The quantitative estimate of drug-likeness (QED) is 0.587. The third-order valence-electron chi connectivity index (χ3n) is 4.29. The van der Waals surface area contributed by atoms with E-state index in [9.17, 15) is 9.59 Å². The van der Waals surface area contributed by atoms with Crippen LogP contribution in [0.5, 0.6) is 0 Å². The fraction of sp³-hybridized carbons (Fsp3) is 0.167. The van der Waals surface area contributed by atoms with Gasteiger partial charge in [-0.05, 0) is 12.1 Å². The molecule has 1 saturated heterocycles. The number of amides is 1. The minimum Gasteiger partial charge on any atom is -0.360 e. The first kappa shape index (κ1) is 15.0. The zero-order chi connectivity index (χ0) is 16.5. The fourth-order valence-electron chi connectivity index (χ4n) is 3.10. The molecule has 1 amide bonds. The van der Waals surface area contributed by atoms with Crippen molar-refractivity contribution < 1.29 is 9.59 Å². The first-order valence-corrected chi connectivity index (χ1v) is 8.69. The molecular weight excluding hydrogens is 322 g/mol. The zero-order valence-electron chi connectivity index (χ0n) is 12.8. The van der Waals surface area contributed by atoms with Gasteiger partial charge in [0, 0.05) is 46.4 Å². The highest BCUT2D eigenvalue weighted by Crippen LogP contribution is 2.41. The summed E-state index contributed by atoms with van der Waals surface area (Å²) in [6, 6.07) is 11.0. The van der Waals surface area contributed by atoms with E-state index >= 15 is 0 Å². The SMILES string of the molecule is O=CN1C(c2cccnc2)SC[C@H]1C(=O)c1c[nH]c2ccccc12. The number of ketones is 1. The Kier molecular flexibility index (Phi) is 3.82. The number of benzene rings is 1. The third-order valence-corrected chi connectivity index (χ3v) is 5.63. The zero-order valence-corrected chi connectivity index (χ0v) is 13.6. The lowest BCUT2D eigenvalue weighted by Gasteiger charge is -2.24. The molecule has 3 aromatic rings. The normalized spacial score (nSPS) is 20.4. The largest absolute Gasteiger partial charge is 0.360 e. The van der Waals surface area contributed by atoms with E-state index in [0.717, 1.165) is 22.9 Å². The van der Waals surface area contributed by atoms with Crippen LogP contribution in [0, 0.1) is 0 Å². The second-order valence-corrected chi connectivity index (χ2v) is 6.77. The second kappa shape index (κ2) is 6.13. The van der Waals surface area contributed by atoms with E-state index in [4.69, 9.17) is 0 Å². The summed E-state index contributed by atoms with van der Waals surface area (Å²) in [5, 5.41) is 0.721. The predicted octanol–water partition coefficient (Wildman–Crippen LogP) is 3.02. The van der Waals surface area contributed by atoms with Crippen LogP contribution in [0.1, 0.15) is 21.3 Å². The Balaban J connectivity index is 1.66. The minimum atomic E-state index is -0.461. The van der Waals surface area contributed by atoms with Crippen LogP contribution < -0.4 is 0 Å². The number of carbonyl (C=O) groups is 2. The Morgan fingerprint density at radius 3 is 2.96 bits per heavy atom. The van der Waals surface area contributed by atoms with Crippen LogP contribution in [0.4, 0.5) is 0 Å². The highest BCUT2D eigenvalue weighted by Gasteiger charge is 2.39. The Hall–Kier alpha value is -2.60. The van der Waals surface area contributed by atoms with E-state index in [1.807, 2.05) is 36.4 Å². The van der Waals surface area contributed by atoms with Gasteiger partial charge in [-0.3, -0.25) is 14.6 Å². The van der Waals surface area contributed by atoms with Crippen LogP contribution >= 0.6 is 11.8 Å². The predicted molar refractivity (Wildman–Crippen MR) is 93.8 cm³/mol. The molecule has 0 spiro atoms. The van der Waals surface area contributed by atoms with E-state index < -0.39 is 6.04 Å². The number of Topliss-reactive ketones (excluding diaryl/α,β-unsaturated/α-hetero) is 1. The van der Waals surface area contributed by atoms with Gasteiger partial charge in [0.15, 0.2) is 5.78 Å². The van der Waals surface area contributed by atoms with Gasteiger partial charge in [-0.2, -0.15) is 0 Å². The molecule has 0 radical (unpaired) electrons. The second-order valence-electron chi connectivity index (χ2n) is 5.65. The van der Waals surface area contributed by atoms with Crippen LogP contribution in [0.25, 0.3) is 10.9 Å². The van der Waals surface area contributed by atoms with Gasteiger partial charge in [-0.1, -0.05) is 24.3 Å². The molecule has 0 aliphatic carbocycles. The smallest absolute Gasteiger partial charge is 0.211 e. The highest BCUT2D eigenvalue weighted by atomic mass is 32.2. The molecule has 1 aromatic carbocycles. The lowest BCUT2D eigenvalue weighted by Crippen LogP contribution is -2.38. The van der Waals surface area contributed by atoms with Gasteiger partial charge >= 0.3 is 0 Å². The monoisotopic (exact) mass is 337 g/mol. The van der Waals surface area contributed by atoms with Gasteiger partial charge in [-0.15, -0.1) is 11.8 Å². The molecule has 1 unspecified atom stereocenters. The molecule has 0 bridgehead atoms. The van der Waals surface area contributed by atoms with Gasteiger partial charge in [0.1, 0.15) is 11.4 Å². The molecule has 5 nitrogen and oxygen atoms in total. The number of nitrogens with one attached hydrogen (secondary N) is 1. The van der Waals surface area contributed by atoms with Crippen molar-refractivity contribution in [2.45, 2.75) is 11.4 Å². The summed E-state index contributed by atoms with van der Waals surface area (Å²) in [6.45, 7) is 0. The first-order chi connectivity index (χ1) is 11.8. The number of thioether (sulfide) groups is 1. The topological polar surface area (TPSA) is 66.1 Å². The number of hydrogen-bond donors (Lipinski definition) is 1. The van der Waals surface area contributed by atoms with E-state index in [1.165, 1.54) is 0 Å². The first-order valence-electron chi connectivity index (χ1n) is 7.64. The van der Waals surface area contributed by atoms with E-state index in [0.29, 0.717) is 11.3 Å². The number of aromatic amines is 1. The number of para-hydroxylation sites is 1. The van der Waals surface area contributed by atoms with Crippen molar-refractivity contribution in [2.24, 2.45) is 0 Å². The Morgan fingerprint density at radius 2 is 2.17 bits per heavy atom. The van der Waals surface area contributed by atoms with Crippen molar-refractivity contribution >= 4 is 34.9 Å². The van der Waals surface area contributed by atoms with Crippen LogP contribution in [0.2, 0.25) is 0 Å². The lowest BCUT2D eigenvalue weighted by molar-refractivity contribution is -0.119. The van der Waals surface area contributed by atoms with E-state index in [2.05, 4.69) is 9.97 Å². The molecule has 6 heteroatoms. The van der Waals surface area contributed by atoms with Gasteiger partial charge in [0.25, 0.3) is 0 Å². The molecule has 2 aromatic heterocycles. The summed E-state index contributed by atoms with van der Waals surface area (Å²) in [5.74, 6) is 0.551. The number of carbonyl (C=O) groups excluding carboxylic acids is 2. The molecule has 1 aliphatic rings. The van der Waals surface area contributed by atoms with Crippen LogP contribution in [-0.2, 0) is 4.79 Å². The van der Waals surface area contributed by atoms with Crippen molar-refractivity contribution in [1.29, 1.82) is 0 Å². The fourth-order valence-corrected chi connectivity index (χ4v) is 4.49. The summed E-state index contributed by atoms with van der Waals surface area (Å²) in [7, 11) is 0. The molecule has 1 N–H and O–H groups in total. The molecule has 120 valence electrons. The maximum atomic E-state index is 13.0. The third kappa shape index (κ3) is 2.39. The molecule has 0 saturated carbocycles. The molecule has 2 atom stereocenters. The van der Waals surface area contributed by atoms with E-state index in [-0.39, 0.29) is 11.2 Å². The number of fused-ring (bicyclic) bond motifs is 1. The van der Waals surface area contributed by atoms with Crippen molar-refractivity contribution in [1.82, 2.24) is 14.9 Å². The highest BCUT2D eigenvalue weighted by molar-refractivity contribution is 7.99. The average molecular weight is 337 g/mol. The van der Waals surface area contributed by atoms with Gasteiger partial charge in [0.05, 0.1) is 0 Å². The number of nitrogens with zero attached hydrogens (tertiary/aromatic N) is 2. The van der Waals surface area contributed by atoms with Gasteiger partial charge in [0.2, 0.25) is 6.41 Å². The maximum Gasteiger partial charge on any atom is 0.211 e. The van der Waals surface area contributed by atoms with Crippen LogP contribution in [-0.4, -0.2) is 38.9 Å². The molecule has 4 rings (SSSR count). The summed E-state index contributed by atoms with van der Waals surface area (Å²) >= 11 is 1.59. The number of rotatable bonds is 4. The van der Waals surface area contributed by atoms with Crippen LogP contribution in [0.15, 0.2) is 55.0 Å². The average Bonchev–Trinajstić information content (AvgIpc) is 3.26. The molecule has 1 aliphatic heterocycles. The molecular formula is C18H15N3O2S. The Labute approximate surface area is 143 Å². The summed E-state index contributed by atoms with van der Waals surface area (Å²) in [4.78, 5) is 33.5. The summed E-state index contributed by atoms with van der Waals surface area (Å²) in [6.07, 6.45) is 5.95. The number of H-pyrrole nitrogens is 1. The Bertz CT molecular complexity index is 893. The lowest BCUT2D eigenvalue weighted by atomic mass is 10.0. The number of aromatic nitrogens is 2. The van der Waals surface area contributed by atoms with Crippen LogP contribution in [0.3, 0.4) is 0 Å². The Morgan fingerprint density at radius 1 is 1.29 bits per heavy atom. The van der Waals surface area contributed by atoms with Crippen molar-refractivity contribution in [3.8, 4) is 0 Å². The summed E-state index contributed by atoms with van der Waals surface area (Å²) in [5.41, 5.74) is 2.49. The summed E-state index contributed by atoms with van der Waals surface area (Å²) < 4.78 is 0. The standard InChI is InChI=1S/C18H15N3O2S/c22-11-21-16(10-24-18(21)12-4-3-7-19-8-12)17(23)14-9-20-15-6-2-1-5-13(14)15/h1-9,11,16,18,20H,10H2/t16-,18?/m0/s1. The molecule has 1 fully saturated rings. The molecule has 3 heterocycles. The number of hydrogen-bond acceptors (Lipinski definition) is 4. The minimum absolute atomic E-state index is 0.0292.